The molecule has 0 saturated carbocycles. The summed E-state index contributed by atoms with van der Waals surface area (Å²) < 4.78 is 10.1. The van der Waals surface area contributed by atoms with E-state index in [9.17, 15) is 4.79 Å². The molecule has 0 aliphatic carbocycles. The quantitative estimate of drug-likeness (QED) is 0.405. The number of methoxy groups -OCH3 is 1. The molecule has 0 saturated heterocycles. The predicted molar refractivity (Wildman–Crippen MR) is 119 cm³/mol. The molecule has 6 nitrogen and oxygen atoms in total. The lowest BCUT2D eigenvalue weighted by Gasteiger charge is -2.13. The van der Waals surface area contributed by atoms with Crippen LogP contribution in [-0.4, -0.2) is 31.7 Å². The molecule has 150 valence electrons. The van der Waals surface area contributed by atoms with E-state index in [4.69, 9.17) is 4.74 Å². The number of para-hydroxylation sites is 1. The molecule has 2 aromatic heterocycles. The molecule has 0 bridgehead atoms. The van der Waals surface area contributed by atoms with Gasteiger partial charge in [-0.2, -0.15) is 0 Å². The Balaban J connectivity index is 1.80. The van der Waals surface area contributed by atoms with Crippen molar-refractivity contribution in [1.29, 1.82) is 0 Å². The van der Waals surface area contributed by atoms with Gasteiger partial charge in [-0.25, -0.2) is 0 Å². The summed E-state index contributed by atoms with van der Waals surface area (Å²) in [4.78, 5) is 12.6. The number of rotatable bonds is 7. The van der Waals surface area contributed by atoms with Crippen LogP contribution in [0.3, 0.4) is 0 Å². The van der Waals surface area contributed by atoms with E-state index < -0.39 is 0 Å². The minimum absolute atomic E-state index is 0.00612. The van der Waals surface area contributed by atoms with Gasteiger partial charge in [0.05, 0.1) is 23.9 Å². The lowest BCUT2D eigenvalue weighted by atomic mass is 10.3. The average Bonchev–Trinajstić information content (AvgIpc) is 3.28. The fraction of sp³-hybridized carbons (Fsp3) is 0.286. The fourth-order valence-electron chi connectivity index (χ4n) is 3.04. The van der Waals surface area contributed by atoms with Gasteiger partial charge < -0.3 is 4.74 Å². The van der Waals surface area contributed by atoms with Gasteiger partial charge in [0.25, 0.3) is 0 Å². The van der Waals surface area contributed by atoms with E-state index in [0.29, 0.717) is 11.8 Å². The van der Waals surface area contributed by atoms with Gasteiger partial charge in [-0.15, -0.1) is 10.2 Å². The molecule has 2 heterocycles. The minimum Gasteiger partial charge on any atom is -0.497 e. The van der Waals surface area contributed by atoms with Crippen molar-refractivity contribution >= 4 is 33.3 Å². The van der Waals surface area contributed by atoms with Crippen LogP contribution in [0.5, 0.6) is 5.75 Å². The first-order valence-corrected chi connectivity index (χ1v) is 11.1. The molecule has 2 aromatic carbocycles. The summed E-state index contributed by atoms with van der Waals surface area (Å²) in [7, 11) is 1.65. The van der Waals surface area contributed by atoms with Gasteiger partial charge in [0.15, 0.2) is 11.0 Å². The second-order valence-electron chi connectivity index (χ2n) is 6.69. The minimum atomic E-state index is 0.00612. The molecule has 0 N–H and O–H groups in total. The van der Waals surface area contributed by atoms with Crippen molar-refractivity contribution in [2.24, 2.45) is 0 Å². The summed E-state index contributed by atoms with van der Waals surface area (Å²) in [6, 6.07) is 15.6. The number of hydrogen-bond acceptors (Lipinski definition) is 6. The van der Waals surface area contributed by atoms with Crippen molar-refractivity contribution in [3.05, 3.63) is 64.0 Å². The molecule has 0 amide bonds. The smallest absolute Gasteiger partial charge is 0.308 e. The maximum Gasteiger partial charge on any atom is 0.308 e. The first kappa shape index (κ1) is 19.7. The number of thiazole rings is 1. The van der Waals surface area contributed by atoms with Crippen LogP contribution in [0, 0.1) is 0 Å². The van der Waals surface area contributed by atoms with E-state index in [2.05, 4.69) is 24.0 Å². The normalized spacial score (nSPS) is 12.4. The maximum atomic E-state index is 12.6. The molecule has 0 unspecified atom stereocenters. The van der Waals surface area contributed by atoms with Crippen molar-refractivity contribution in [3.63, 3.8) is 0 Å². The highest BCUT2D eigenvalue weighted by molar-refractivity contribution is 7.99. The van der Waals surface area contributed by atoms with Crippen molar-refractivity contribution in [2.45, 2.75) is 37.2 Å². The lowest BCUT2D eigenvalue weighted by Crippen LogP contribution is -2.17. The summed E-state index contributed by atoms with van der Waals surface area (Å²) in [5.74, 6) is 1.52. The summed E-state index contributed by atoms with van der Waals surface area (Å²) >= 11 is 2.94. The second-order valence-corrected chi connectivity index (χ2v) is 9.09. The standard InChI is InChI=1S/C21H22N4O2S2/c1-4-14(2)28-20-23-22-19(25(20)15-9-11-16(27-3)12-10-15)13-24-17-7-5-6-8-18(17)29-21(24)26/h5-12,14H,4,13H2,1-3H3/t14-/m1/s1. The first-order chi connectivity index (χ1) is 14.1. The van der Waals surface area contributed by atoms with E-state index in [1.54, 1.807) is 23.4 Å². The Morgan fingerprint density at radius 2 is 1.90 bits per heavy atom. The summed E-state index contributed by atoms with van der Waals surface area (Å²) in [5.41, 5.74) is 1.87. The van der Waals surface area contributed by atoms with Crippen molar-refractivity contribution in [3.8, 4) is 11.4 Å². The summed E-state index contributed by atoms with van der Waals surface area (Å²) in [5, 5.41) is 10.1. The Kier molecular flexibility index (Phi) is 5.73. The van der Waals surface area contributed by atoms with Crippen LogP contribution in [0.15, 0.2) is 58.5 Å². The van der Waals surface area contributed by atoms with Gasteiger partial charge in [0, 0.05) is 10.9 Å². The van der Waals surface area contributed by atoms with Gasteiger partial charge in [0.2, 0.25) is 0 Å². The molecule has 1 atom stereocenters. The van der Waals surface area contributed by atoms with Crippen LogP contribution in [0.25, 0.3) is 15.9 Å². The molecule has 4 aromatic rings. The highest BCUT2D eigenvalue weighted by Gasteiger charge is 2.19. The van der Waals surface area contributed by atoms with E-state index in [1.807, 2.05) is 53.1 Å². The third-order valence-corrected chi connectivity index (χ3v) is 6.96. The molecule has 29 heavy (non-hydrogen) atoms. The highest BCUT2D eigenvalue weighted by atomic mass is 32.2. The van der Waals surface area contributed by atoms with Gasteiger partial charge >= 0.3 is 4.87 Å². The Labute approximate surface area is 177 Å². The predicted octanol–water partition coefficient (Wildman–Crippen LogP) is 4.59. The van der Waals surface area contributed by atoms with E-state index >= 15 is 0 Å². The molecule has 0 aliphatic rings. The Morgan fingerprint density at radius 1 is 1.14 bits per heavy atom. The van der Waals surface area contributed by atoms with E-state index in [0.717, 1.165) is 39.1 Å². The molecule has 0 aliphatic heterocycles. The number of benzene rings is 2. The molecular weight excluding hydrogens is 404 g/mol. The number of fused-ring (bicyclic) bond motifs is 1. The third kappa shape index (κ3) is 3.95. The molecule has 0 spiro atoms. The van der Waals surface area contributed by atoms with Gasteiger partial charge in [-0.3, -0.25) is 13.9 Å². The van der Waals surface area contributed by atoms with Crippen molar-refractivity contribution < 1.29 is 4.74 Å². The largest absolute Gasteiger partial charge is 0.497 e. The molecule has 4 rings (SSSR count). The molecule has 8 heteroatoms. The first-order valence-electron chi connectivity index (χ1n) is 9.44. The van der Waals surface area contributed by atoms with E-state index in [-0.39, 0.29) is 4.87 Å². The SMILES string of the molecule is CC[C@@H](C)Sc1nnc(Cn2c(=O)sc3ccccc32)n1-c1ccc(OC)cc1. The van der Waals surface area contributed by atoms with Gasteiger partial charge in [0.1, 0.15) is 5.75 Å². The zero-order chi connectivity index (χ0) is 20.4. The van der Waals surface area contributed by atoms with E-state index in [1.165, 1.54) is 11.3 Å². The zero-order valence-electron chi connectivity index (χ0n) is 16.5. The number of aromatic nitrogens is 4. The summed E-state index contributed by atoms with van der Waals surface area (Å²) in [6.45, 7) is 4.70. The topological polar surface area (TPSA) is 61.9 Å². The van der Waals surface area contributed by atoms with Crippen LogP contribution in [0.2, 0.25) is 0 Å². The Bertz CT molecular complexity index is 1180. The van der Waals surface area contributed by atoms with Gasteiger partial charge in [-0.05, 0) is 42.8 Å². The molecule has 0 radical (unpaired) electrons. The van der Waals surface area contributed by atoms with Crippen LogP contribution in [0.4, 0.5) is 0 Å². The monoisotopic (exact) mass is 426 g/mol. The number of nitrogens with zero attached hydrogens (tertiary/aromatic N) is 4. The number of hydrogen-bond donors (Lipinski definition) is 0. The van der Waals surface area contributed by atoms with Crippen molar-refractivity contribution in [2.75, 3.05) is 7.11 Å². The maximum absolute atomic E-state index is 12.6. The van der Waals surface area contributed by atoms with Crippen LogP contribution < -0.4 is 9.61 Å². The molecule has 0 fully saturated rings. The Hall–Kier alpha value is -2.58. The van der Waals surface area contributed by atoms with Gasteiger partial charge in [-0.1, -0.05) is 49.1 Å². The van der Waals surface area contributed by atoms with Crippen LogP contribution >= 0.6 is 23.1 Å². The van der Waals surface area contributed by atoms with Crippen LogP contribution in [0.1, 0.15) is 26.1 Å². The Morgan fingerprint density at radius 3 is 2.62 bits per heavy atom. The fourth-order valence-corrected chi connectivity index (χ4v) is 4.86. The lowest BCUT2D eigenvalue weighted by molar-refractivity contribution is 0.414. The van der Waals surface area contributed by atoms with Crippen molar-refractivity contribution in [1.82, 2.24) is 19.3 Å². The van der Waals surface area contributed by atoms with Crippen LogP contribution in [-0.2, 0) is 6.54 Å². The third-order valence-electron chi connectivity index (χ3n) is 4.79. The number of ether oxygens (including phenoxy) is 1. The zero-order valence-corrected chi connectivity index (χ0v) is 18.2. The molecular formula is C21H22N4O2S2. The summed E-state index contributed by atoms with van der Waals surface area (Å²) in [6.07, 6.45) is 1.03. The average molecular weight is 427 g/mol. The number of thioether (sulfide) groups is 1. The highest BCUT2D eigenvalue weighted by Crippen LogP contribution is 2.28. The second kappa shape index (κ2) is 8.42.